The number of hydrogen-bond donors (Lipinski definition) is 0. The van der Waals surface area contributed by atoms with Crippen molar-refractivity contribution in [3.8, 4) is 0 Å². The molecule has 1 heterocycles. The van der Waals surface area contributed by atoms with Gasteiger partial charge in [-0.25, -0.2) is 4.39 Å². The van der Waals surface area contributed by atoms with Crippen LogP contribution in [0.3, 0.4) is 0 Å². The lowest BCUT2D eigenvalue weighted by Gasteiger charge is -2.13. The maximum Gasteiger partial charge on any atom is 0.232 e. The quantitative estimate of drug-likeness (QED) is 0.758. The van der Waals surface area contributed by atoms with Crippen molar-refractivity contribution in [3.05, 3.63) is 30.1 Å². The van der Waals surface area contributed by atoms with Gasteiger partial charge >= 0.3 is 0 Å². The second kappa shape index (κ2) is 3.67. The van der Waals surface area contributed by atoms with Crippen molar-refractivity contribution in [2.24, 2.45) is 0 Å². The Kier molecular flexibility index (Phi) is 2.36. The minimum absolute atomic E-state index is 0.271. The fourth-order valence-corrected chi connectivity index (χ4v) is 1.50. The van der Waals surface area contributed by atoms with Crippen LogP contribution in [0.2, 0.25) is 0 Å². The third kappa shape index (κ3) is 1.69. The fraction of sp³-hybridized carbons (Fsp3) is 0.125. The van der Waals surface area contributed by atoms with Crippen LogP contribution in [0.5, 0.6) is 0 Å². The van der Waals surface area contributed by atoms with E-state index in [0.717, 1.165) is 17.2 Å². The highest BCUT2D eigenvalue weighted by Gasteiger charge is 2.07. The number of hydrogen-bond acceptors (Lipinski definition) is 5. The highest BCUT2D eigenvalue weighted by molar-refractivity contribution is 7.09. The van der Waals surface area contributed by atoms with E-state index in [0.29, 0.717) is 5.13 Å². The largest absolute Gasteiger partial charge is 0.318 e. The van der Waals surface area contributed by atoms with Gasteiger partial charge in [-0.2, -0.15) is 0 Å². The molecular formula is C8H7FN4S. The van der Waals surface area contributed by atoms with Gasteiger partial charge in [0.1, 0.15) is 5.82 Å². The summed E-state index contributed by atoms with van der Waals surface area (Å²) in [6.45, 7) is 0. The summed E-state index contributed by atoms with van der Waals surface area (Å²) >= 11 is 1.16. The molecule has 1 aromatic carbocycles. The van der Waals surface area contributed by atoms with Gasteiger partial charge in [0.15, 0.2) is 0 Å². The summed E-state index contributed by atoms with van der Waals surface area (Å²) < 4.78 is 16.5. The number of benzene rings is 1. The zero-order valence-electron chi connectivity index (χ0n) is 7.38. The topological polar surface area (TPSA) is 41.9 Å². The molecule has 0 amide bonds. The van der Waals surface area contributed by atoms with Gasteiger partial charge in [-0.1, -0.05) is 15.7 Å². The number of aromatic nitrogens is 3. The zero-order chi connectivity index (χ0) is 9.97. The summed E-state index contributed by atoms with van der Waals surface area (Å²) in [5.74, 6) is -0.271. The van der Waals surface area contributed by atoms with Crippen molar-refractivity contribution in [1.29, 1.82) is 0 Å². The summed E-state index contributed by atoms with van der Waals surface area (Å²) in [7, 11) is 1.79. The first-order valence-electron chi connectivity index (χ1n) is 3.92. The van der Waals surface area contributed by atoms with Gasteiger partial charge in [0.05, 0.1) is 0 Å². The maximum absolute atomic E-state index is 12.9. The first-order chi connectivity index (χ1) is 6.77. The van der Waals surface area contributed by atoms with Gasteiger partial charge in [-0.3, -0.25) is 0 Å². The van der Waals surface area contributed by atoms with Crippen LogP contribution in [-0.2, 0) is 0 Å². The van der Waals surface area contributed by atoms with Gasteiger partial charge in [-0.05, 0) is 23.4 Å². The average Bonchev–Trinajstić information content (AvgIpc) is 2.69. The number of anilines is 2. The Morgan fingerprint density at radius 1 is 1.43 bits per heavy atom. The number of nitrogens with zero attached hydrogens (tertiary/aromatic N) is 4. The van der Waals surface area contributed by atoms with Crippen LogP contribution in [-0.4, -0.2) is 21.8 Å². The van der Waals surface area contributed by atoms with Crippen molar-refractivity contribution < 1.29 is 4.39 Å². The van der Waals surface area contributed by atoms with Crippen LogP contribution in [0.15, 0.2) is 24.3 Å². The van der Waals surface area contributed by atoms with E-state index in [4.69, 9.17) is 0 Å². The van der Waals surface area contributed by atoms with Crippen molar-refractivity contribution >= 4 is 22.4 Å². The summed E-state index contributed by atoms with van der Waals surface area (Å²) in [6, 6.07) is 6.28. The Balaban J connectivity index is 2.32. The lowest BCUT2D eigenvalue weighted by molar-refractivity contribution is 0.628. The van der Waals surface area contributed by atoms with Crippen LogP contribution in [0.1, 0.15) is 0 Å². The second-order valence-corrected chi connectivity index (χ2v) is 3.39. The number of rotatable bonds is 2. The maximum atomic E-state index is 12.9. The van der Waals surface area contributed by atoms with Gasteiger partial charge < -0.3 is 4.90 Å². The van der Waals surface area contributed by atoms with E-state index in [1.54, 1.807) is 24.1 Å². The zero-order valence-corrected chi connectivity index (χ0v) is 8.20. The molecule has 72 valence electrons. The molecule has 0 spiro atoms. The molecule has 0 aliphatic rings. The second-order valence-electron chi connectivity index (χ2n) is 2.68. The summed E-state index contributed by atoms with van der Waals surface area (Å²) in [5.41, 5.74) is 0.726. The van der Waals surface area contributed by atoms with Gasteiger partial charge in [0, 0.05) is 24.3 Å². The molecule has 0 bridgehead atoms. The number of halogens is 1. The Bertz CT molecular complexity index is 417. The highest BCUT2D eigenvalue weighted by atomic mass is 32.1. The molecule has 0 radical (unpaired) electrons. The van der Waals surface area contributed by atoms with E-state index in [-0.39, 0.29) is 5.82 Å². The molecule has 0 N–H and O–H groups in total. The lowest BCUT2D eigenvalue weighted by atomic mass is 10.3. The molecule has 2 rings (SSSR count). The molecule has 6 heteroatoms. The van der Waals surface area contributed by atoms with E-state index in [1.807, 2.05) is 0 Å². The smallest absolute Gasteiger partial charge is 0.232 e. The molecule has 0 aliphatic heterocycles. The third-order valence-corrected chi connectivity index (χ3v) is 2.45. The molecule has 0 aliphatic carbocycles. The first kappa shape index (κ1) is 9.01. The van der Waals surface area contributed by atoms with Crippen molar-refractivity contribution in [2.75, 3.05) is 11.9 Å². The molecule has 2 aromatic rings. The molecule has 0 fully saturated rings. The predicted molar refractivity (Wildman–Crippen MR) is 52.2 cm³/mol. The van der Waals surface area contributed by atoms with Crippen LogP contribution in [0.4, 0.5) is 15.2 Å². The first-order valence-corrected chi connectivity index (χ1v) is 4.69. The Morgan fingerprint density at radius 2 is 2.29 bits per heavy atom. The van der Waals surface area contributed by atoms with Gasteiger partial charge in [0.25, 0.3) is 0 Å². The summed E-state index contributed by atoms with van der Waals surface area (Å²) in [6.07, 6.45) is 0. The van der Waals surface area contributed by atoms with Crippen molar-refractivity contribution in [2.45, 2.75) is 0 Å². The van der Waals surface area contributed by atoms with Crippen molar-refractivity contribution in [3.63, 3.8) is 0 Å². The fourth-order valence-electron chi connectivity index (χ4n) is 1.05. The van der Waals surface area contributed by atoms with Crippen molar-refractivity contribution in [1.82, 2.24) is 14.8 Å². The minimum atomic E-state index is -0.271. The monoisotopic (exact) mass is 210 g/mol. The molecule has 0 saturated carbocycles. The Hall–Kier alpha value is -1.56. The SMILES string of the molecule is CN(c1cccc(F)c1)c1nnns1. The third-order valence-electron chi connectivity index (χ3n) is 1.77. The molecular weight excluding hydrogens is 203 g/mol. The van der Waals surface area contributed by atoms with Crippen LogP contribution >= 0.6 is 11.5 Å². The van der Waals surface area contributed by atoms with E-state index < -0.39 is 0 Å². The van der Waals surface area contributed by atoms with Crippen LogP contribution < -0.4 is 4.90 Å². The highest BCUT2D eigenvalue weighted by Crippen LogP contribution is 2.23. The van der Waals surface area contributed by atoms with E-state index in [9.17, 15) is 4.39 Å². The summed E-state index contributed by atoms with van der Waals surface area (Å²) in [5, 5.41) is 7.89. The van der Waals surface area contributed by atoms with Gasteiger partial charge in [-0.15, -0.1) is 0 Å². The molecule has 0 unspecified atom stereocenters. The Morgan fingerprint density at radius 3 is 2.93 bits per heavy atom. The standard InChI is InChI=1S/C8H7FN4S/c1-13(8-10-11-12-14-8)7-4-2-3-6(9)5-7/h2-5H,1H3. The molecule has 4 nitrogen and oxygen atoms in total. The Labute approximate surface area is 84.2 Å². The van der Waals surface area contributed by atoms with E-state index in [2.05, 4.69) is 14.8 Å². The van der Waals surface area contributed by atoms with Crippen LogP contribution in [0, 0.1) is 5.82 Å². The molecule has 1 aromatic heterocycles. The predicted octanol–water partition coefficient (Wildman–Crippen LogP) is 1.84. The van der Waals surface area contributed by atoms with Gasteiger partial charge in [0.2, 0.25) is 5.13 Å². The summed E-state index contributed by atoms with van der Waals surface area (Å²) in [4.78, 5) is 1.73. The lowest BCUT2D eigenvalue weighted by Crippen LogP contribution is -2.09. The molecule has 14 heavy (non-hydrogen) atoms. The minimum Gasteiger partial charge on any atom is -0.318 e. The van der Waals surface area contributed by atoms with E-state index >= 15 is 0 Å². The van der Waals surface area contributed by atoms with E-state index in [1.165, 1.54) is 12.1 Å². The molecule has 0 atom stereocenters. The average molecular weight is 210 g/mol. The normalized spacial score (nSPS) is 10.1. The molecule has 0 saturated heterocycles. The van der Waals surface area contributed by atoms with Crippen LogP contribution in [0.25, 0.3) is 0 Å².